The van der Waals surface area contributed by atoms with Crippen LogP contribution in [-0.4, -0.2) is 34.1 Å². The summed E-state index contributed by atoms with van der Waals surface area (Å²) in [4.78, 5) is 7.13. The van der Waals surface area contributed by atoms with Crippen molar-refractivity contribution in [3.8, 4) is 22.3 Å². The Balaban J connectivity index is 1.47. The van der Waals surface area contributed by atoms with Gasteiger partial charge in [0.2, 0.25) is 0 Å². The van der Waals surface area contributed by atoms with Gasteiger partial charge in [-0.3, -0.25) is 4.98 Å². The first kappa shape index (κ1) is 21.5. The molecular formula is C27H27Cl2N3. The summed E-state index contributed by atoms with van der Waals surface area (Å²) in [6.45, 7) is 4.62. The van der Waals surface area contributed by atoms with Gasteiger partial charge in [0, 0.05) is 52.2 Å². The van der Waals surface area contributed by atoms with Gasteiger partial charge in [-0.05, 0) is 74.8 Å². The number of aromatic nitrogens is 2. The van der Waals surface area contributed by atoms with E-state index in [0.29, 0.717) is 0 Å². The molecule has 1 saturated heterocycles. The summed E-state index contributed by atoms with van der Waals surface area (Å²) in [7, 11) is 0. The Bertz CT molecular complexity index is 1220. The molecule has 5 rings (SSSR count). The fraction of sp³-hybridized carbons (Fsp3) is 0.296. The second kappa shape index (κ2) is 9.66. The van der Waals surface area contributed by atoms with Crippen LogP contribution in [0.5, 0.6) is 0 Å². The van der Waals surface area contributed by atoms with E-state index < -0.39 is 0 Å². The van der Waals surface area contributed by atoms with Gasteiger partial charge in [0.1, 0.15) is 0 Å². The molecule has 0 aliphatic carbocycles. The maximum absolute atomic E-state index is 6.70. The third-order valence-corrected chi connectivity index (χ3v) is 6.93. The minimum Gasteiger partial charge on any atom is -0.347 e. The molecule has 2 aromatic heterocycles. The van der Waals surface area contributed by atoms with E-state index in [9.17, 15) is 0 Å². The number of piperidine rings is 1. The summed E-state index contributed by atoms with van der Waals surface area (Å²) in [5.41, 5.74) is 5.47. The number of pyridine rings is 1. The van der Waals surface area contributed by atoms with Crippen LogP contribution < -0.4 is 0 Å². The highest BCUT2D eigenvalue weighted by atomic mass is 35.5. The van der Waals surface area contributed by atoms with E-state index >= 15 is 0 Å². The Hall–Kier alpha value is -2.33. The number of aryl methyl sites for hydroxylation is 1. The summed E-state index contributed by atoms with van der Waals surface area (Å²) in [6.07, 6.45) is 11.2. The Morgan fingerprint density at radius 1 is 0.812 bits per heavy atom. The molecule has 1 aliphatic rings. The van der Waals surface area contributed by atoms with Gasteiger partial charge in [-0.15, -0.1) is 0 Å². The molecule has 0 unspecified atom stereocenters. The summed E-state index contributed by atoms with van der Waals surface area (Å²) in [5, 5.41) is 2.60. The minimum absolute atomic E-state index is 0.723. The lowest BCUT2D eigenvalue weighted by molar-refractivity contribution is 0.223. The van der Waals surface area contributed by atoms with E-state index in [0.717, 1.165) is 57.2 Å². The van der Waals surface area contributed by atoms with E-state index in [1.165, 1.54) is 37.9 Å². The van der Waals surface area contributed by atoms with Gasteiger partial charge in [-0.1, -0.05) is 47.8 Å². The number of hydrogen-bond acceptors (Lipinski definition) is 2. The molecule has 0 atom stereocenters. The van der Waals surface area contributed by atoms with Gasteiger partial charge in [0.25, 0.3) is 0 Å². The van der Waals surface area contributed by atoms with Gasteiger partial charge >= 0.3 is 0 Å². The minimum atomic E-state index is 0.723. The maximum atomic E-state index is 6.70. The molecule has 32 heavy (non-hydrogen) atoms. The molecule has 0 saturated carbocycles. The van der Waals surface area contributed by atoms with Crippen molar-refractivity contribution in [2.24, 2.45) is 0 Å². The van der Waals surface area contributed by atoms with Crippen LogP contribution in [0.2, 0.25) is 10.0 Å². The van der Waals surface area contributed by atoms with Crippen molar-refractivity contribution in [3.05, 3.63) is 77.2 Å². The summed E-state index contributed by atoms with van der Waals surface area (Å²) in [6, 6.07) is 16.2. The van der Waals surface area contributed by atoms with Crippen LogP contribution in [0.4, 0.5) is 0 Å². The SMILES string of the molecule is Clc1cccc(-c2cncc(-c3cn(CCCN4CCCCC4)c4cccc(Cl)c34)c2)c1. The number of halogens is 2. The monoisotopic (exact) mass is 463 g/mol. The molecule has 0 bridgehead atoms. The first-order valence-corrected chi connectivity index (χ1v) is 12.2. The highest BCUT2D eigenvalue weighted by molar-refractivity contribution is 6.36. The van der Waals surface area contributed by atoms with E-state index in [2.05, 4.69) is 38.8 Å². The van der Waals surface area contributed by atoms with Gasteiger partial charge in [-0.2, -0.15) is 0 Å². The van der Waals surface area contributed by atoms with Crippen LogP contribution in [0.3, 0.4) is 0 Å². The van der Waals surface area contributed by atoms with Gasteiger partial charge in [0.15, 0.2) is 0 Å². The number of fused-ring (bicyclic) bond motifs is 1. The second-order valence-corrected chi connectivity index (χ2v) is 9.44. The Morgan fingerprint density at radius 2 is 1.62 bits per heavy atom. The lowest BCUT2D eigenvalue weighted by Gasteiger charge is -2.26. The van der Waals surface area contributed by atoms with Crippen LogP contribution in [0, 0.1) is 0 Å². The molecule has 4 aromatic rings. The standard InChI is InChI=1S/C27H27Cl2N3/c28-23-8-4-7-20(16-23)21-15-22(18-30-17-21)24-19-32(26-10-5-9-25(29)27(24)26)14-6-13-31-11-2-1-3-12-31/h4-5,7-10,15-19H,1-3,6,11-14H2. The zero-order valence-electron chi connectivity index (χ0n) is 18.1. The third-order valence-electron chi connectivity index (χ3n) is 6.38. The van der Waals surface area contributed by atoms with Crippen LogP contribution in [0.1, 0.15) is 25.7 Å². The van der Waals surface area contributed by atoms with Gasteiger partial charge in [-0.25, -0.2) is 0 Å². The Labute approximate surface area is 199 Å². The predicted octanol–water partition coefficient (Wildman–Crippen LogP) is 7.55. The van der Waals surface area contributed by atoms with Crippen molar-refractivity contribution in [3.63, 3.8) is 0 Å². The molecule has 3 heterocycles. The summed E-state index contributed by atoms with van der Waals surface area (Å²) in [5.74, 6) is 0. The Morgan fingerprint density at radius 3 is 2.47 bits per heavy atom. The van der Waals surface area contributed by atoms with Crippen molar-refractivity contribution in [1.29, 1.82) is 0 Å². The topological polar surface area (TPSA) is 21.1 Å². The van der Waals surface area contributed by atoms with Crippen molar-refractivity contribution in [1.82, 2.24) is 14.5 Å². The van der Waals surface area contributed by atoms with Crippen LogP contribution in [0.25, 0.3) is 33.2 Å². The number of benzene rings is 2. The first-order valence-electron chi connectivity index (χ1n) is 11.4. The zero-order valence-corrected chi connectivity index (χ0v) is 19.6. The molecule has 0 amide bonds. The largest absolute Gasteiger partial charge is 0.347 e. The average molecular weight is 464 g/mol. The normalized spacial score (nSPS) is 14.8. The van der Waals surface area contributed by atoms with E-state index in [4.69, 9.17) is 23.2 Å². The summed E-state index contributed by atoms with van der Waals surface area (Å²) >= 11 is 12.9. The number of nitrogens with zero attached hydrogens (tertiary/aromatic N) is 3. The van der Waals surface area contributed by atoms with E-state index in [1.807, 2.05) is 42.7 Å². The fourth-order valence-electron chi connectivity index (χ4n) is 4.77. The summed E-state index contributed by atoms with van der Waals surface area (Å²) < 4.78 is 2.35. The highest BCUT2D eigenvalue weighted by Crippen LogP contribution is 2.37. The maximum Gasteiger partial charge on any atom is 0.0506 e. The molecular weight excluding hydrogens is 437 g/mol. The fourth-order valence-corrected chi connectivity index (χ4v) is 5.23. The predicted molar refractivity (Wildman–Crippen MR) is 136 cm³/mol. The molecule has 1 aliphatic heterocycles. The molecule has 3 nitrogen and oxygen atoms in total. The first-order chi connectivity index (χ1) is 15.7. The lowest BCUT2D eigenvalue weighted by atomic mass is 10.0. The molecule has 1 fully saturated rings. The number of rotatable bonds is 6. The average Bonchev–Trinajstić information content (AvgIpc) is 3.20. The lowest BCUT2D eigenvalue weighted by Crippen LogP contribution is -2.31. The number of likely N-dealkylation sites (tertiary alicyclic amines) is 1. The Kier molecular flexibility index (Phi) is 6.49. The third kappa shape index (κ3) is 4.56. The van der Waals surface area contributed by atoms with E-state index in [1.54, 1.807) is 0 Å². The van der Waals surface area contributed by atoms with Gasteiger partial charge in [0.05, 0.1) is 10.5 Å². The zero-order chi connectivity index (χ0) is 21.9. The smallest absolute Gasteiger partial charge is 0.0506 e. The van der Waals surface area contributed by atoms with Crippen molar-refractivity contribution in [2.75, 3.05) is 19.6 Å². The van der Waals surface area contributed by atoms with Crippen molar-refractivity contribution >= 4 is 34.1 Å². The van der Waals surface area contributed by atoms with Crippen LogP contribution >= 0.6 is 23.2 Å². The molecule has 0 radical (unpaired) electrons. The van der Waals surface area contributed by atoms with Crippen LogP contribution in [0.15, 0.2) is 67.1 Å². The highest BCUT2D eigenvalue weighted by Gasteiger charge is 2.15. The van der Waals surface area contributed by atoms with E-state index in [-0.39, 0.29) is 0 Å². The molecule has 2 aromatic carbocycles. The molecule has 164 valence electrons. The van der Waals surface area contributed by atoms with Crippen LogP contribution in [-0.2, 0) is 6.54 Å². The molecule has 0 N–H and O–H groups in total. The van der Waals surface area contributed by atoms with Crippen molar-refractivity contribution < 1.29 is 0 Å². The van der Waals surface area contributed by atoms with Crippen molar-refractivity contribution in [2.45, 2.75) is 32.2 Å². The second-order valence-electron chi connectivity index (χ2n) is 8.60. The molecule has 5 heteroatoms. The number of hydrogen-bond donors (Lipinski definition) is 0. The van der Waals surface area contributed by atoms with Gasteiger partial charge < -0.3 is 9.47 Å². The molecule has 0 spiro atoms. The quantitative estimate of drug-likeness (QED) is 0.294.